The first-order valence-corrected chi connectivity index (χ1v) is 7.81. The molecule has 21 heavy (non-hydrogen) atoms. The Morgan fingerprint density at radius 3 is 2.81 bits per heavy atom. The molecule has 0 radical (unpaired) electrons. The molecule has 0 spiro atoms. The molecule has 114 valence electrons. The molecular formula is C14H17ClFN3OS. The molecule has 1 aliphatic rings. The summed E-state index contributed by atoms with van der Waals surface area (Å²) in [7, 11) is 0. The maximum Gasteiger partial charge on any atom is 0.178 e. The van der Waals surface area contributed by atoms with Gasteiger partial charge in [-0.1, -0.05) is 11.6 Å². The third-order valence-electron chi connectivity index (χ3n) is 3.78. The summed E-state index contributed by atoms with van der Waals surface area (Å²) in [4.78, 5) is 5.41. The zero-order valence-corrected chi connectivity index (χ0v) is 13.1. The number of hydrogen-bond acceptors (Lipinski definition) is 3. The maximum absolute atomic E-state index is 13.5. The van der Waals surface area contributed by atoms with E-state index in [0.29, 0.717) is 10.3 Å². The van der Waals surface area contributed by atoms with Crippen LogP contribution in [0.25, 0.3) is 11.0 Å². The molecule has 0 amide bonds. The second-order valence-electron chi connectivity index (χ2n) is 5.17. The van der Waals surface area contributed by atoms with Crippen molar-refractivity contribution in [2.75, 3.05) is 32.8 Å². The van der Waals surface area contributed by atoms with E-state index in [1.807, 2.05) is 4.57 Å². The Morgan fingerprint density at radius 2 is 2.05 bits per heavy atom. The number of nitrogens with one attached hydrogen (secondary N) is 1. The number of H-pyrrole nitrogens is 1. The van der Waals surface area contributed by atoms with Crippen LogP contribution in [0.2, 0.25) is 5.02 Å². The number of aryl methyl sites for hydroxylation is 1. The lowest BCUT2D eigenvalue weighted by molar-refractivity contribution is 0.0369. The minimum absolute atomic E-state index is 0.124. The first-order chi connectivity index (χ1) is 10.1. The topological polar surface area (TPSA) is 33.2 Å². The lowest BCUT2D eigenvalue weighted by Crippen LogP contribution is -2.37. The summed E-state index contributed by atoms with van der Waals surface area (Å²) in [5.41, 5.74) is 1.54. The van der Waals surface area contributed by atoms with E-state index in [-0.39, 0.29) is 5.02 Å². The molecule has 7 heteroatoms. The third-order valence-corrected chi connectivity index (χ3v) is 4.39. The van der Waals surface area contributed by atoms with Crippen LogP contribution in [0.1, 0.15) is 6.42 Å². The van der Waals surface area contributed by atoms with E-state index in [1.54, 1.807) is 6.07 Å². The quantitative estimate of drug-likeness (QED) is 0.874. The standard InChI is InChI=1S/C14H17ClFN3OS/c15-10-8-13-12(9-11(10)16)17-14(21)19(13)3-1-2-18-4-6-20-7-5-18/h8-9H,1-7H2,(H,17,21). The highest BCUT2D eigenvalue weighted by atomic mass is 35.5. The number of halogens is 2. The van der Waals surface area contributed by atoms with E-state index < -0.39 is 5.82 Å². The molecule has 1 fully saturated rings. The number of morpholine rings is 1. The molecule has 4 nitrogen and oxygen atoms in total. The number of benzene rings is 1. The fourth-order valence-corrected chi connectivity index (χ4v) is 3.11. The highest BCUT2D eigenvalue weighted by Crippen LogP contribution is 2.23. The van der Waals surface area contributed by atoms with Gasteiger partial charge in [0.2, 0.25) is 0 Å². The van der Waals surface area contributed by atoms with Crippen molar-refractivity contribution in [1.82, 2.24) is 14.5 Å². The van der Waals surface area contributed by atoms with Gasteiger partial charge in [-0.2, -0.15) is 0 Å². The molecular weight excluding hydrogens is 313 g/mol. The summed E-state index contributed by atoms with van der Waals surface area (Å²) in [5.74, 6) is -0.430. The molecule has 1 N–H and O–H groups in total. The highest BCUT2D eigenvalue weighted by Gasteiger charge is 2.11. The van der Waals surface area contributed by atoms with Crippen molar-refractivity contribution in [2.24, 2.45) is 0 Å². The second-order valence-corrected chi connectivity index (χ2v) is 5.97. The van der Waals surface area contributed by atoms with Gasteiger partial charge in [0.05, 0.1) is 29.3 Å². The molecule has 2 heterocycles. The zero-order chi connectivity index (χ0) is 14.8. The molecule has 1 saturated heterocycles. The molecule has 0 saturated carbocycles. The largest absolute Gasteiger partial charge is 0.379 e. The molecule has 0 aliphatic carbocycles. The van der Waals surface area contributed by atoms with Gasteiger partial charge in [-0.05, 0) is 24.7 Å². The Hall–Kier alpha value is -0.950. The van der Waals surface area contributed by atoms with Gasteiger partial charge in [0.25, 0.3) is 0 Å². The van der Waals surface area contributed by atoms with Crippen molar-refractivity contribution in [3.63, 3.8) is 0 Å². The molecule has 0 atom stereocenters. The van der Waals surface area contributed by atoms with Crippen molar-refractivity contribution in [2.45, 2.75) is 13.0 Å². The van der Waals surface area contributed by atoms with Gasteiger partial charge in [0.1, 0.15) is 5.82 Å². The summed E-state index contributed by atoms with van der Waals surface area (Å²) in [5, 5.41) is 0.124. The van der Waals surface area contributed by atoms with Crippen LogP contribution in [0, 0.1) is 10.6 Å². The molecule has 0 bridgehead atoms. The maximum atomic E-state index is 13.5. The van der Waals surface area contributed by atoms with E-state index in [1.165, 1.54) is 6.07 Å². The second kappa shape index (κ2) is 6.44. The smallest absolute Gasteiger partial charge is 0.178 e. The Labute approximate surface area is 132 Å². The van der Waals surface area contributed by atoms with Crippen LogP contribution in [0.5, 0.6) is 0 Å². The average molecular weight is 330 g/mol. The first-order valence-electron chi connectivity index (χ1n) is 7.03. The van der Waals surface area contributed by atoms with E-state index in [2.05, 4.69) is 9.88 Å². The van der Waals surface area contributed by atoms with Crippen LogP contribution in [-0.2, 0) is 11.3 Å². The van der Waals surface area contributed by atoms with Crippen LogP contribution in [0.3, 0.4) is 0 Å². The number of ether oxygens (including phenoxy) is 1. The molecule has 3 rings (SSSR count). The summed E-state index contributed by atoms with van der Waals surface area (Å²) in [6, 6.07) is 3.03. The number of nitrogens with zero attached hydrogens (tertiary/aromatic N) is 2. The van der Waals surface area contributed by atoms with Crippen LogP contribution in [0.15, 0.2) is 12.1 Å². The van der Waals surface area contributed by atoms with Crippen molar-refractivity contribution >= 4 is 34.9 Å². The molecule has 1 aliphatic heterocycles. The molecule has 1 aromatic carbocycles. The molecule has 2 aromatic rings. The van der Waals surface area contributed by atoms with Gasteiger partial charge in [-0.15, -0.1) is 0 Å². The fraction of sp³-hybridized carbons (Fsp3) is 0.500. The summed E-state index contributed by atoms with van der Waals surface area (Å²) in [6.45, 7) is 5.38. The van der Waals surface area contributed by atoms with Crippen LogP contribution >= 0.6 is 23.8 Å². The Bertz CT molecular complexity index is 693. The third kappa shape index (κ3) is 3.29. The molecule has 1 aromatic heterocycles. The van der Waals surface area contributed by atoms with E-state index in [9.17, 15) is 4.39 Å². The minimum atomic E-state index is -0.430. The average Bonchev–Trinajstić information content (AvgIpc) is 2.76. The minimum Gasteiger partial charge on any atom is -0.379 e. The van der Waals surface area contributed by atoms with Gasteiger partial charge < -0.3 is 14.3 Å². The van der Waals surface area contributed by atoms with Crippen LogP contribution < -0.4 is 0 Å². The van der Waals surface area contributed by atoms with E-state index in [4.69, 9.17) is 28.6 Å². The first kappa shape index (κ1) is 15.0. The highest BCUT2D eigenvalue weighted by molar-refractivity contribution is 7.71. The lowest BCUT2D eigenvalue weighted by atomic mass is 10.3. The Kier molecular flexibility index (Phi) is 4.59. The monoisotopic (exact) mass is 329 g/mol. The van der Waals surface area contributed by atoms with Crippen molar-refractivity contribution in [1.29, 1.82) is 0 Å². The Balaban J connectivity index is 1.72. The number of rotatable bonds is 4. The number of hydrogen-bond donors (Lipinski definition) is 1. The number of aromatic amines is 1. The van der Waals surface area contributed by atoms with Gasteiger partial charge >= 0.3 is 0 Å². The summed E-state index contributed by atoms with van der Waals surface area (Å²) < 4.78 is 21.4. The van der Waals surface area contributed by atoms with Crippen molar-refractivity contribution in [3.8, 4) is 0 Å². The number of aromatic nitrogens is 2. The zero-order valence-electron chi connectivity index (χ0n) is 11.6. The fourth-order valence-electron chi connectivity index (χ4n) is 2.65. The van der Waals surface area contributed by atoms with Gasteiger partial charge in [0, 0.05) is 32.2 Å². The van der Waals surface area contributed by atoms with E-state index in [0.717, 1.165) is 51.3 Å². The van der Waals surface area contributed by atoms with Crippen molar-refractivity contribution in [3.05, 3.63) is 27.7 Å². The normalized spacial score (nSPS) is 16.7. The van der Waals surface area contributed by atoms with Gasteiger partial charge in [-0.25, -0.2) is 4.39 Å². The van der Waals surface area contributed by atoms with E-state index >= 15 is 0 Å². The lowest BCUT2D eigenvalue weighted by Gasteiger charge is -2.26. The number of fused-ring (bicyclic) bond motifs is 1. The SMILES string of the molecule is Fc1cc2[nH]c(=S)n(CCCN3CCOCC3)c2cc1Cl. The summed E-state index contributed by atoms with van der Waals surface area (Å²) >= 11 is 11.2. The van der Waals surface area contributed by atoms with Crippen molar-refractivity contribution < 1.29 is 9.13 Å². The number of imidazole rings is 1. The van der Waals surface area contributed by atoms with Gasteiger partial charge in [0.15, 0.2) is 4.77 Å². The molecule has 0 unspecified atom stereocenters. The van der Waals surface area contributed by atoms with Crippen LogP contribution in [-0.4, -0.2) is 47.3 Å². The predicted octanol–water partition coefficient (Wildman–Crippen LogP) is 3.21. The van der Waals surface area contributed by atoms with Crippen LogP contribution in [0.4, 0.5) is 4.39 Å². The summed E-state index contributed by atoms with van der Waals surface area (Å²) in [6.07, 6.45) is 0.982. The Morgan fingerprint density at radius 1 is 1.29 bits per heavy atom. The van der Waals surface area contributed by atoms with Gasteiger partial charge in [-0.3, -0.25) is 4.90 Å². The predicted molar refractivity (Wildman–Crippen MR) is 84.0 cm³/mol.